The van der Waals surface area contributed by atoms with Gasteiger partial charge >= 0.3 is 0 Å². The van der Waals surface area contributed by atoms with Gasteiger partial charge in [-0.25, -0.2) is 0 Å². The van der Waals surface area contributed by atoms with Gasteiger partial charge in [-0.3, -0.25) is 0 Å². The maximum atomic E-state index is 9.52. The van der Waals surface area contributed by atoms with Crippen molar-refractivity contribution >= 4 is 0 Å². The molecule has 0 radical (unpaired) electrons. The first-order valence-electron chi connectivity index (χ1n) is 7.09. The van der Waals surface area contributed by atoms with Crippen LogP contribution in [0.4, 0.5) is 0 Å². The summed E-state index contributed by atoms with van der Waals surface area (Å²) >= 11 is 0. The fourth-order valence-corrected chi connectivity index (χ4v) is 2.36. The zero-order valence-electron chi connectivity index (χ0n) is 12.0. The highest BCUT2D eigenvalue weighted by Crippen LogP contribution is 2.24. The van der Waals surface area contributed by atoms with Crippen LogP contribution < -0.4 is 5.32 Å². The summed E-state index contributed by atoms with van der Waals surface area (Å²) in [6.45, 7) is 13.4. The molecule has 0 amide bonds. The van der Waals surface area contributed by atoms with Gasteiger partial charge in [-0.15, -0.1) is 0 Å². The third kappa shape index (κ3) is 5.36. The molecule has 0 aliphatic carbocycles. The molecule has 1 saturated heterocycles. The molecule has 1 aliphatic rings. The Hall–Kier alpha value is -0.120. The number of hydrogen-bond acceptors (Lipinski definition) is 3. The number of likely N-dealkylation sites (tertiary alicyclic amines) is 1. The summed E-state index contributed by atoms with van der Waals surface area (Å²) < 4.78 is 0. The van der Waals surface area contributed by atoms with Gasteiger partial charge in [0.1, 0.15) is 0 Å². The van der Waals surface area contributed by atoms with Gasteiger partial charge in [-0.1, -0.05) is 27.7 Å². The van der Waals surface area contributed by atoms with Crippen molar-refractivity contribution in [3.63, 3.8) is 0 Å². The average Bonchev–Trinajstić information content (AvgIpc) is 2.30. The van der Waals surface area contributed by atoms with E-state index in [0.29, 0.717) is 11.5 Å². The van der Waals surface area contributed by atoms with E-state index in [4.69, 9.17) is 0 Å². The molecular formula is C14H30N2O. The molecule has 3 nitrogen and oxygen atoms in total. The van der Waals surface area contributed by atoms with Gasteiger partial charge in [0, 0.05) is 32.2 Å². The minimum Gasteiger partial charge on any atom is -0.393 e. The van der Waals surface area contributed by atoms with Crippen molar-refractivity contribution < 1.29 is 5.11 Å². The first-order chi connectivity index (χ1) is 7.95. The molecule has 1 atom stereocenters. The van der Waals surface area contributed by atoms with Crippen LogP contribution in [0.5, 0.6) is 0 Å². The maximum absolute atomic E-state index is 9.52. The van der Waals surface area contributed by atoms with Crippen LogP contribution in [0.15, 0.2) is 0 Å². The molecule has 102 valence electrons. The molecule has 0 aromatic carbocycles. The molecule has 1 aliphatic heterocycles. The molecule has 0 spiro atoms. The minimum absolute atomic E-state index is 0.0621. The van der Waals surface area contributed by atoms with Crippen LogP contribution in [0.3, 0.4) is 0 Å². The van der Waals surface area contributed by atoms with Crippen molar-refractivity contribution in [2.75, 3.05) is 26.2 Å². The number of aliphatic hydroxyl groups is 1. The number of rotatable bonds is 6. The van der Waals surface area contributed by atoms with Crippen LogP contribution in [0.25, 0.3) is 0 Å². The molecule has 0 bridgehead atoms. The van der Waals surface area contributed by atoms with Gasteiger partial charge in [0.2, 0.25) is 0 Å². The van der Waals surface area contributed by atoms with Gasteiger partial charge in [0.15, 0.2) is 0 Å². The Morgan fingerprint density at radius 2 is 1.94 bits per heavy atom. The summed E-state index contributed by atoms with van der Waals surface area (Å²) in [5.74, 6) is 0. The zero-order valence-corrected chi connectivity index (χ0v) is 12.0. The van der Waals surface area contributed by atoms with Crippen molar-refractivity contribution in [1.29, 1.82) is 0 Å². The molecule has 17 heavy (non-hydrogen) atoms. The lowest BCUT2D eigenvalue weighted by atomic mass is 9.86. The van der Waals surface area contributed by atoms with Gasteiger partial charge < -0.3 is 15.3 Å². The number of aliphatic hydroxyl groups excluding tert-OH is 1. The van der Waals surface area contributed by atoms with E-state index in [0.717, 1.165) is 39.0 Å². The number of piperidine rings is 1. The van der Waals surface area contributed by atoms with Crippen molar-refractivity contribution in [1.82, 2.24) is 10.2 Å². The predicted molar refractivity (Wildman–Crippen MR) is 73.2 cm³/mol. The molecule has 1 heterocycles. The molecule has 1 fully saturated rings. The maximum Gasteiger partial charge on any atom is 0.0564 e. The van der Waals surface area contributed by atoms with E-state index in [1.165, 1.54) is 6.42 Å². The van der Waals surface area contributed by atoms with Crippen LogP contribution in [0.1, 0.15) is 47.0 Å². The Kier molecular flexibility index (Phi) is 5.90. The Balaban J connectivity index is 2.39. The summed E-state index contributed by atoms with van der Waals surface area (Å²) in [6, 6.07) is 0.559. The first kappa shape index (κ1) is 14.9. The van der Waals surface area contributed by atoms with Crippen molar-refractivity contribution in [3.8, 4) is 0 Å². The third-order valence-corrected chi connectivity index (χ3v) is 3.95. The van der Waals surface area contributed by atoms with Crippen molar-refractivity contribution in [2.45, 2.75) is 59.1 Å². The number of nitrogens with zero attached hydrogens (tertiary/aromatic N) is 1. The van der Waals surface area contributed by atoms with Gasteiger partial charge in [-0.2, -0.15) is 0 Å². The van der Waals surface area contributed by atoms with Crippen LogP contribution in [-0.2, 0) is 0 Å². The molecule has 0 aromatic rings. The van der Waals surface area contributed by atoms with E-state index in [9.17, 15) is 5.11 Å². The predicted octanol–water partition coefficient (Wildman–Crippen LogP) is 1.86. The second kappa shape index (κ2) is 6.72. The summed E-state index contributed by atoms with van der Waals surface area (Å²) in [5.41, 5.74) is 0.354. The summed E-state index contributed by atoms with van der Waals surface area (Å²) in [6.07, 6.45) is 3.02. The smallest absolute Gasteiger partial charge is 0.0564 e. The monoisotopic (exact) mass is 242 g/mol. The summed E-state index contributed by atoms with van der Waals surface area (Å²) in [5, 5.41) is 13.1. The van der Waals surface area contributed by atoms with Crippen LogP contribution in [-0.4, -0.2) is 48.3 Å². The highest BCUT2D eigenvalue weighted by Gasteiger charge is 2.27. The Morgan fingerprint density at radius 3 is 2.41 bits per heavy atom. The number of hydrogen-bond donors (Lipinski definition) is 2. The van der Waals surface area contributed by atoms with E-state index in [1.807, 2.05) is 0 Å². The quantitative estimate of drug-likeness (QED) is 0.746. The zero-order chi connectivity index (χ0) is 12.9. The fourth-order valence-electron chi connectivity index (χ4n) is 2.36. The van der Waals surface area contributed by atoms with E-state index < -0.39 is 0 Å². The fraction of sp³-hybridized carbons (Fsp3) is 1.00. The van der Waals surface area contributed by atoms with Gasteiger partial charge in [0.25, 0.3) is 0 Å². The Morgan fingerprint density at radius 1 is 1.35 bits per heavy atom. The highest BCUT2D eigenvalue weighted by atomic mass is 16.3. The SMILES string of the molecule is CCC(C)(CNC(C)C)CN1CCC(O)CC1. The number of nitrogens with one attached hydrogen (secondary N) is 1. The molecule has 2 N–H and O–H groups in total. The molecular weight excluding hydrogens is 212 g/mol. The summed E-state index contributed by atoms with van der Waals surface area (Å²) in [7, 11) is 0. The van der Waals surface area contributed by atoms with E-state index >= 15 is 0 Å². The van der Waals surface area contributed by atoms with Gasteiger partial charge in [0.05, 0.1) is 6.10 Å². The lowest BCUT2D eigenvalue weighted by Crippen LogP contribution is -2.46. The molecule has 0 aromatic heterocycles. The van der Waals surface area contributed by atoms with Crippen molar-refractivity contribution in [2.24, 2.45) is 5.41 Å². The summed E-state index contributed by atoms with van der Waals surface area (Å²) in [4.78, 5) is 2.51. The molecule has 1 unspecified atom stereocenters. The molecule has 0 saturated carbocycles. The van der Waals surface area contributed by atoms with Crippen LogP contribution in [0.2, 0.25) is 0 Å². The van der Waals surface area contributed by atoms with Crippen LogP contribution in [0, 0.1) is 5.41 Å². The normalized spacial score (nSPS) is 22.9. The van der Waals surface area contributed by atoms with Gasteiger partial charge in [-0.05, 0) is 24.7 Å². The van der Waals surface area contributed by atoms with Crippen LogP contribution >= 0.6 is 0 Å². The van der Waals surface area contributed by atoms with E-state index in [1.54, 1.807) is 0 Å². The molecule has 3 heteroatoms. The lowest BCUT2D eigenvalue weighted by Gasteiger charge is -2.38. The largest absolute Gasteiger partial charge is 0.393 e. The topological polar surface area (TPSA) is 35.5 Å². The Bertz CT molecular complexity index is 212. The lowest BCUT2D eigenvalue weighted by molar-refractivity contribution is 0.0581. The highest BCUT2D eigenvalue weighted by molar-refractivity contribution is 4.82. The third-order valence-electron chi connectivity index (χ3n) is 3.95. The Labute approximate surface area is 107 Å². The average molecular weight is 242 g/mol. The van der Waals surface area contributed by atoms with E-state index in [2.05, 4.69) is 37.9 Å². The second-order valence-electron chi connectivity index (χ2n) is 6.21. The molecule has 1 rings (SSSR count). The standard InChI is InChI=1S/C14H30N2O/c1-5-14(4,10-15-12(2)3)11-16-8-6-13(17)7-9-16/h12-13,15,17H,5-11H2,1-4H3. The second-order valence-corrected chi connectivity index (χ2v) is 6.21. The minimum atomic E-state index is -0.0621. The van der Waals surface area contributed by atoms with E-state index in [-0.39, 0.29) is 6.10 Å². The van der Waals surface area contributed by atoms with Crippen molar-refractivity contribution in [3.05, 3.63) is 0 Å². The first-order valence-corrected chi connectivity index (χ1v) is 7.09.